The van der Waals surface area contributed by atoms with Crippen molar-refractivity contribution in [2.24, 2.45) is 0 Å². The first-order valence-corrected chi connectivity index (χ1v) is 11.8. The van der Waals surface area contributed by atoms with Crippen molar-refractivity contribution in [1.82, 2.24) is 4.98 Å². The van der Waals surface area contributed by atoms with Gasteiger partial charge in [0, 0.05) is 27.8 Å². The average molecular weight is 476 g/mol. The fourth-order valence-corrected chi connectivity index (χ4v) is 4.62. The molecule has 0 atom stereocenters. The first-order chi connectivity index (χ1) is 14.9. The summed E-state index contributed by atoms with van der Waals surface area (Å²) in [5, 5.41) is 0.671. The molecule has 8 heteroatoms. The van der Waals surface area contributed by atoms with E-state index in [2.05, 4.69) is 4.98 Å². The zero-order valence-electron chi connectivity index (χ0n) is 17.0. The Labute approximate surface area is 188 Å². The standard InChI is InChI=1S/C24H17ClF3NO2S/c1-14-11-16-7-4-8-20(24(26,27)28)23(16)29-22(14)17-6-3-5-15(12-17)19-10-9-18(13-21(19)25)32(2,30)31/h3-13H,1-2H3. The number of aryl methyl sites for hydroxylation is 1. The Kier molecular flexibility index (Phi) is 5.51. The third-order valence-electron chi connectivity index (χ3n) is 5.16. The van der Waals surface area contributed by atoms with Crippen LogP contribution in [0.25, 0.3) is 33.3 Å². The average Bonchev–Trinajstić information content (AvgIpc) is 2.71. The number of rotatable bonds is 3. The van der Waals surface area contributed by atoms with Gasteiger partial charge < -0.3 is 0 Å². The first-order valence-electron chi connectivity index (χ1n) is 9.53. The molecule has 164 valence electrons. The summed E-state index contributed by atoms with van der Waals surface area (Å²) >= 11 is 6.34. The molecule has 1 aromatic heterocycles. The van der Waals surface area contributed by atoms with E-state index in [0.717, 1.165) is 17.9 Å². The van der Waals surface area contributed by atoms with Gasteiger partial charge in [-0.05, 0) is 48.4 Å². The fraction of sp³-hybridized carbons (Fsp3) is 0.125. The van der Waals surface area contributed by atoms with Crippen LogP contribution in [0.15, 0.2) is 71.6 Å². The number of nitrogens with zero attached hydrogens (tertiary/aromatic N) is 1. The van der Waals surface area contributed by atoms with Gasteiger partial charge in [0.15, 0.2) is 9.84 Å². The maximum atomic E-state index is 13.5. The van der Waals surface area contributed by atoms with E-state index in [9.17, 15) is 21.6 Å². The summed E-state index contributed by atoms with van der Waals surface area (Å²) in [6.07, 6.45) is -3.42. The molecular formula is C24H17ClF3NO2S. The van der Waals surface area contributed by atoms with Crippen LogP contribution >= 0.6 is 11.6 Å². The fourth-order valence-electron chi connectivity index (χ4n) is 3.62. The van der Waals surface area contributed by atoms with Gasteiger partial charge in [-0.3, -0.25) is 0 Å². The van der Waals surface area contributed by atoms with Crippen LogP contribution in [0.2, 0.25) is 5.02 Å². The van der Waals surface area contributed by atoms with Crippen LogP contribution in [0.3, 0.4) is 0 Å². The van der Waals surface area contributed by atoms with Crippen LogP contribution in [-0.4, -0.2) is 19.7 Å². The highest BCUT2D eigenvalue weighted by atomic mass is 35.5. The van der Waals surface area contributed by atoms with Gasteiger partial charge in [-0.25, -0.2) is 13.4 Å². The molecule has 0 saturated heterocycles. The predicted octanol–water partition coefficient (Wildman–Crippen LogP) is 6.95. The maximum Gasteiger partial charge on any atom is 0.418 e. The van der Waals surface area contributed by atoms with Crippen molar-refractivity contribution in [3.05, 3.63) is 82.9 Å². The van der Waals surface area contributed by atoms with Crippen molar-refractivity contribution in [1.29, 1.82) is 0 Å². The zero-order valence-corrected chi connectivity index (χ0v) is 18.6. The third kappa shape index (κ3) is 4.23. The summed E-state index contributed by atoms with van der Waals surface area (Å²) in [5.41, 5.74) is 2.19. The first kappa shape index (κ1) is 22.3. The molecule has 0 aliphatic rings. The molecule has 0 bridgehead atoms. The lowest BCUT2D eigenvalue weighted by Crippen LogP contribution is -2.07. The van der Waals surface area contributed by atoms with Crippen LogP contribution in [0, 0.1) is 6.92 Å². The summed E-state index contributed by atoms with van der Waals surface area (Å²) in [4.78, 5) is 4.49. The monoisotopic (exact) mass is 475 g/mol. The second-order valence-electron chi connectivity index (χ2n) is 7.52. The number of sulfone groups is 1. The lowest BCUT2D eigenvalue weighted by atomic mass is 9.98. The number of fused-ring (bicyclic) bond motifs is 1. The highest BCUT2D eigenvalue weighted by Gasteiger charge is 2.33. The minimum Gasteiger partial charge on any atom is -0.247 e. The van der Waals surface area contributed by atoms with Crippen molar-refractivity contribution in [3.63, 3.8) is 0 Å². The van der Waals surface area contributed by atoms with Crippen molar-refractivity contribution in [3.8, 4) is 22.4 Å². The number of benzene rings is 3. The molecule has 0 unspecified atom stereocenters. The number of halogens is 4. The van der Waals surface area contributed by atoms with E-state index >= 15 is 0 Å². The normalized spacial score (nSPS) is 12.3. The molecule has 0 aliphatic heterocycles. The Hall–Kier alpha value is -2.90. The molecule has 0 aliphatic carbocycles. The molecule has 1 heterocycles. The van der Waals surface area contributed by atoms with Gasteiger partial charge in [0.25, 0.3) is 0 Å². The number of para-hydroxylation sites is 1. The summed E-state index contributed by atoms with van der Waals surface area (Å²) in [6, 6.07) is 17.2. The van der Waals surface area contributed by atoms with E-state index in [-0.39, 0.29) is 15.4 Å². The molecular weight excluding hydrogens is 459 g/mol. The quantitative estimate of drug-likeness (QED) is 0.322. The van der Waals surface area contributed by atoms with Crippen molar-refractivity contribution >= 4 is 32.3 Å². The number of hydrogen-bond acceptors (Lipinski definition) is 3. The van der Waals surface area contributed by atoms with Crippen LogP contribution in [0.4, 0.5) is 13.2 Å². The van der Waals surface area contributed by atoms with Gasteiger partial charge in [0.1, 0.15) is 0 Å². The molecule has 4 rings (SSSR count). The predicted molar refractivity (Wildman–Crippen MR) is 120 cm³/mol. The summed E-state index contributed by atoms with van der Waals surface area (Å²) in [7, 11) is -3.40. The second kappa shape index (κ2) is 7.90. The maximum absolute atomic E-state index is 13.5. The van der Waals surface area contributed by atoms with Crippen LogP contribution in [0.5, 0.6) is 0 Å². The van der Waals surface area contributed by atoms with E-state index in [1.165, 1.54) is 18.2 Å². The zero-order chi connectivity index (χ0) is 23.3. The van der Waals surface area contributed by atoms with E-state index in [4.69, 9.17) is 11.6 Å². The second-order valence-corrected chi connectivity index (χ2v) is 9.95. The Morgan fingerprint density at radius 3 is 2.25 bits per heavy atom. The smallest absolute Gasteiger partial charge is 0.247 e. The van der Waals surface area contributed by atoms with Crippen molar-refractivity contribution in [2.45, 2.75) is 18.0 Å². The summed E-state index contributed by atoms with van der Waals surface area (Å²) < 4.78 is 64.0. The summed E-state index contributed by atoms with van der Waals surface area (Å²) in [6.45, 7) is 1.79. The SMILES string of the molecule is Cc1cc2cccc(C(F)(F)F)c2nc1-c1cccc(-c2ccc(S(C)(=O)=O)cc2Cl)c1. The Bertz CT molecular complexity index is 1460. The van der Waals surface area contributed by atoms with Gasteiger partial charge in [-0.2, -0.15) is 13.2 Å². The number of aromatic nitrogens is 1. The lowest BCUT2D eigenvalue weighted by molar-refractivity contribution is -0.136. The highest BCUT2D eigenvalue weighted by molar-refractivity contribution is 7.90. The van der Waals surface area contributed by atoms with Gasteiger partial charge in [0.2, 0.25) is 0 Å². The highest BCUT2D eigenvalue weighted by Crippen LogP contribution is 2.37. The molecule has 3 nitrogen and oxygen atoms in total. The topological polar surface area (TPSA) is 47.0 Å². The molecule has 0 radical (unpaired) electrons. The molecule has 32 heavy (non-hydrogen) atoms. The van der Waals surface area contributed by atoms with Gasteiger partial charge >= 0.3 is 6.18 Å². The van der Waals surface area contributed by atoms with Gasteiger partial charge in [-0.15, -0.1) is 0 Å². The van der Waals surface area contributed by atoms with Crippen LogP contribution in [-0.2, 0) is 16.0 Å². The van der Waals surface area contributed by atoms with Crippen molar-refractivity contribution in [2.75, 3.05) is 6.26 Å². The molecule has 4 aromatic rings. The minimum absolute atomic E-state index is 0.106. The van der Waals surface area contributed by atoms with Gasteiger partial charge in [0.05, 0.1) is 21.7 Å². The number of hydrogen-bond donors (Lipinski definition) is 0. The lowest BCUT2D eigenvalue weighted by Gasteiger charge is -2.14. The van der Waals surface area contributed by atoms with E-state index in [1.54, 1.807) is 49.4 Å². The molecule has 3 aromatic carbocycles. The van der Waals surface area contributed by atoms with Gasteiger partial charge in [-0.1, -0.05) is 48.0 Å². The summed E-state index contributed by atoms with van der Waals surface area (Å²) in [5.74, 6) is 0. The van der Waals surface area contributed by atoms with Crippen molar-refractivity contribution < 1.29 is 21.6 Å². The van der Waals surface area contributed by atoms with Crippen LogP contribution in [0.1, 0.15) is 11.1 Å². The van der Waals surface area contributed by atoms with E-state index < -0.39 is 21.6 Å². The molecule has 0 spiro atoms. The van der Waals surface area contributed by atoms with Crippen LogP contribution < -0.4 is 0 Å². The third-order valence-corrected chi connectivity index (χ3v) is 6.58. The Morgan fingerprint density at radius 2 is 1.59 bits per heavy atom. The molecule has 0 N–H and O–H groups in total. The largest absolute Gasteiger partial charge is 0.418 e. The number of alkyl halides is 3. The number of pyridine rings is 1. The van der Waals surface area contributed by atoms with E-state index in [1.807, 2.05) is 0 Å². The van der Waals surface area contributed by atoms with E-state index in [0.29, 0.717) is 27.8 Å². The molecule has 0 saturated carbocycles. The minimum atomic E-state index is -4.52. The Morgan fingerprint density at radius 1 is 0.906 bits per heavy atom. The molecule has 0 fully saturated rings. The Balaban J connectivity index is 1.86. The molecule has 0 amide bonds.